The van der Waals surface area contributed by atoms with Gasteiger partial charge in [-0.2, -0.15) is 0 Å². The molecule has 2 rings (SSSR count). The van der Waals surface area contributed by atoms with E-state index in [0.29, 0.717) is 12.5 Å². The lowest BCUT2D eigenvalue weighted by Crippen LogP contribution is -2.19. The first-order chi connectivity index (χ1) is 9.17. The Morgan fingerprint density at radius 3 is 1.84 bits per heavy atom. The van der Waals surface area contributed by atoms with Crippen molar-refractivity contribution in [3.8, 4) is 0 Å². The zero-order valence-corrected chi connectivity index (χ0v) is 13.0. The van der Waals surface area contributed by atoms with Crippen molar-refractivity contribution in [2.75, 3.05) is 6.54 Å². The van der Waals surface area contributed by atoms with Gasteiger partial charge in [0, 0.05) is 9.50 Å². The van der Waals surface area contributed by atoms with E-state index in [2.05, 4.69) is 52.3 Å². The summed E-state index contributed by atoms with van der Waals surface area (Å²) in [4.78, 5) is 0. The zero-order valence-electron chi connectivity index (χ0n) is 10.7. The van der Waals surface area contributed by atoms with Crippen LogP contribution in [-0.2, 0) is 12.8 Å². The van der Waals surface area contributed by atoms with Crippen LogP contribution >= 0.6 is 27.5 Å². The molecule has 0 aromatic heterocycles. The molecule has 0 spiro atoms. The minimum atomic E-state index is 0.461. The molecule has 100 valence electrons. The first-order valence-corrected chi connectivity index (χ1v) is 7.53. The van der Waals surface area contributed by atoms with Crippen molar-refractivity contribution >= 4 is 27.5 Å². The van der Waals surface area contributed by atoms with E-state index in [4.69, 9.17) is 17.3 Å². The number of halogens is 2. The summed E-state index contributed by atoms with van der Waals surface area (Å²) >= 11 is 9.35. The maximum absolute atomic E-state index is 5.90. The molecule has 2 aromatic carbocycles. The number of hydrogen-bond acceptors (Lipinski definition) is 1. The molecule has 0 saturated carbocycles. The molecular weight excluding hydrogens is 322 g/mol. The third-order valence-corrected chi connectivity index (χ3v) is 3.99. The highest BCUT2D eigenvalue weighted by molar-refractivity contribution is 9.10. The molecule has 0 aliphatic heterocycles. The summed E-state index contributed by atoms with van der Waals surface area (Å²) in [5, 5.41) is 0.779. The van der Waals surface area contributed by atoms with Gasteiger partial charge in [0.15, 0.2) is 0 Å². The van der Waals surface area contributed by atoms with Crippen molar-refractivity contribution in [2.24, 2.45) is 11.7 Å². The Kier molecular flexibility index (Phi) is 5.44. The average molecular weight is 339 g/mol. The molecule has 0 aliphatic carbocycles. The molecule has 3 heteroatoms. The normalized spacial score (nSPS) is 12.4. The zero-order chi connectivity index (χ0) is 13.7. The predicted octanol–water partition coefficient (Wildman–Crippen LogP) is 4.46. The van der Waals surface area contributed by atoms with Gasteiger partial charge < -0.3 is 5.73 Å². The maximum atomic E-state index is 5.90. The van der Waals surface area contributed by atoms with Gasteiger partial charge in [0.2, 0.25) is 0 Å². The van der Waals surface area contributed by atoms with Gasteiger partial charge in [-0.05, 0) is 60.7 Å². The molecule has 0 heterocycles. The van der Waals surface area contributed by atoms with Crippen LogP contribution in [0, 0.1) is 5.92 Å². The van der Waals surface area contributed by atoms with Crippen LogP contribution in [0.5, 0.6) is 0 Å². The minimum Gasteiger partial charge on any atom is -0.330 e. The van der Waals surface area contributed by atoms with Crippen molar-refractivity contribution in [3.63, 3.8) is 0 Å². The Bertz CT molecular complexity index is 460. The molecule has 19 heavy (non-hydrogen) atoms. The summed E-state index contributed by atoms with van der Waals surface area (Å²) in [5.74, 6) is 0.461. The lowest BCUT2D eigenvalue weighted by atomic mass is 9.93. The van der Waals surface area contributed by atoms with Gasteiger partial charge in [0.05, 0.1) is 0 Å². The molecule has 0 saturated heterocycles. The number of rotatable bonds is 5. The highest BCUT2D eigenvalue weighted by Gasteiger charge is 2.09. The SMILES string of the molecule is NCC(Cc1ccc(Cl)cc1)Cc1ccc(Br)cc1. The fourth-order valence-corrected chi connectivity index (χ4v) is 2.54. The molecule has 2 aromatic rings. The minimum absolute atomic E-state index is 0.461. The highest BCUT2D eigenvalue weighted by atomic mass is 79.9. The lowest BCUT2D eigenvalue weighted by molar-refractivity contribution is 0.533. The second-order valence-corrected chi connectivity index (χ2v) is 6.12. The Hall–Kier alpha value is -0.830. The Balaban J connectivity index is 2.00. The third-order valence-electron chi connectivity index (χ3n) is 3.21. The van der Waals surface area contributed by atoms with Gasteiger partial charge in [0.25, 0.3) is 0 Å². The van der Waals surface area contributed by atoms with Gasteiger partial charge >= 0.3 is 0 Å². The number of benzene rings is 2. The lowest BCUT2D eigenvalue weighted by Gasteiger charge is -2.15. The predicted molar refractivity (Wildman–Crippen MR) is 85.5 cm³/mol. The molecule has 1 nitrogen and oxygen atoms in total. The average Bonchev–Trinajstić information content (AvgIpc) is 2.43. The van der Waals surface area contributed by atoms with Crippen LogP contribution in [-0.4, -0.2) is 6.54 Å². The topological polar surface area (TPSA) is 26.0 Å². The molecule has 1 unspecified atom stereocenters. The van der Waals surface area contributed by atoms with Gasteiger partial charge in [-0.3, -0.25) is 0 Å². The van der Waals surface area contributed by atoms with Crippen LogP contribution in [0.25, 0.3) is 0 Å². The third kappa shape index (κ3) is 4.64. The molecule has 0 aliphatic rings. The van der Waals surface area contributed by atoms with Crippen LogP contribution in [0.3, 0.4) is 0 Å². The van der Waals surface area contributed by atoms with Crippen LogP contribution in [0.15, 0.2) is 53.0 Å². The second kappa shape index (κ2) is 7.09. The Morgan fingerprint density at radius 2 is 1.37 bits per heavy atom. The van der Waals surface area contributed by atoms with Gasteiger partial charge in [-0.25, -0.2) is 0 Å². The second-order valence-electron chi connectivity index (χ2n) is 4.76. The number of hydrogen-bond donors (Lipinski definition) is 1. The van der Waals surface area contributed by atoms with Crippen molar-refractivity contribution < 1.29 is 0 Å². The molecule has 0 bridgehead atoms. The van der Waals surface area contributed by atoms with E-state index in [0.717, 1.165) is 22.3 Å². The molecule has 0 fully saturated rings. The van der Waals surface area contributed by atoms with Crippen LogP contribution in [0.4, 0.5) is 0 Å². The summed E-state index contributed by atoms with van der Waals surface area (Å²) in [6.07, 6.45) is 2.00. The van der Waals surface area contributed by atoms with Crippen molar-refractivity contribution in [2.45, 2.75) is 12.8 Å². The van der Waals surface area contributed by atoms with E-state index in [-0.39, 0.29) is 0 Å². The summed E-state index contributed by atoms with van der Waals surface area (Å²) in [6, 6.07) is 16.5. The molecular formula is C16H17BrClN. The Labute approximate surface area is 127 Å². The van der Waals surface area contributed by atoms with Crippen LogP contribution < -0.4 is 5.73 Å². The highest BCUT2D eigenvalue weighted by Crippen LogP contribution is 2.18. The van der Waals surface area contributed by atoms with Crippen LogP contribution in [0.2, 0.25) is 5.02 Å². The summed E-state index contributed by atoms with van der Waals surface area (Å²) in [7, 11) is 0. The first-order valence-electron chi connectivity index (χ1n) is 6.36. The fraction of sp³-hybridized carbons (Fsp3) is 0.250. The summed E-state index contributed by atoms with van der Waals surface area (Å²) in [6.45, 7) is 0.693. The molecule has 2 N–H and O–H groups in total. The van der Waals surface area contributed by atoms with Crippen LogP contribution in [0.1, 0.15) is 11.1 Å². The summed E-state index contributed by atoms with van der Waals surface area (Å²) < 4.78 is 1.11. The van der Waals surface area contributed by atoms with Gasteiger partial charge in [0.1, 0.15) is 0 Å². The maximum Gasteiger partial charge on any atom is 0.0406 e. The largest absolute Gasteiger partial charge is 0.330 e. The van der Waals surface area contributed by atoms with Crippen molar-refractivity contribution in [1.29, 1.82) is 0 Å². The van der Waals surface area contributed by atoms with E-state index >= 15 is 0 Å². The Morgan fingerprint density at radius 1 is 0.895 bits per heavy atom. The van der Waals surface area contributed by atoms with E-state index in [1.54, 1.807) is 0 Å². The van der Waals surface area contributed by atoms with Gasteiger partial charge in [-0.15, -0.1) is 0 Å². The van der Waals surface area contributed by atoms with Crippen molar-refractivity contribution in [1.82, 2.24) is 0 Å². The summed E-state index contributed by atoms with van der Waals surface area (Å²) in [5.41, 5.74) is 8.51. The molecule has 0 amide bonds. The van der Waals surface area contributed by atoms with E-state index in [1.165, 1.54) is 11.1 Å². The monoisotopic (exact) mass is 337 g/mol. The van der Waals surface area contributed by atoms with E-state index in [9.17, 15) is 0 Å². The van der Waals surface area contributed by atoms with E-state index in [1.807, 2.05) is 12.1 Å². The fourth-order valence-electron chi connectivity index (χ4n) is 2.15. The van der Waals surface area contributed by atoms with Gasteiger partial charge in [-0.1, -0.05) is 51.8 Å². The van der Waals surface area contributed by atoms with E-state index < -0.39 is 0 Å². The molecule has 0 radical (unpaired) electrons. The number of nitrogens with two attached hydrogens (primary N) is 1. The standard InChI is InChI=1S/C16H17BrClN/c17-15-5-1-12(2-6-15)9-14(11-19)10-13-3-7-16(18)8-4-13/h1-8,14H,9-11,19H2. The molecule has 1 atom stereocenters. The quantitative estimate of drug-likeness (QED) is 0.855. The first kappa shape index (κ1) is 14.6. The smallest absolute Gasteiger partial charge is 0.0406 e. The van der Waals surface area contributed by atoms with Crippen molar-refractivity contribution in [3.05, 3.63) is 69.2 Å².